The smallest absolute Gasteiger partial charge is 0.241 e. The molecule has 0 saturated carbocycles. The number of amides is 4. The zero-order chi connectivity index (χ0) is 75.2. The number of fused-ring (bicyclic) bond motifs is 3. The predicted octanol–water partition coefficient (Wildman–Crippen LogP) is 4.36. The van der Waals surface area contributed by atoms with E-state index in [-0.39, 0.29) is 126 Å². The number of hydrogen-bond donors (Lipinski definition) is 11. The lowest BCUT2D eigenvalue weighted by Crippen LogP contribution is -2.36. The quantitative estimate of drug-likeness (QED) is 0.0313. The van der Waals surface area contributed by atoms with E-state index < -0.39 is 23.9 Å². The van der Waals surface area contributed by atoms with Gasteiger partial charge in [0.2, 0.25) is 23.6 Å². The highest BCUT2D eigenvalue weighted by Gasteiger charge is 2.22. The second-order valence-electron chi connectivity index (χ2n) is 26.1. The van der Waals surface area contributed by atoms with Gasteiger partial charge in [0.15, 0.2) is 46.4 Å². The number of guanidine groups is 2. The number of unbranched alkanes of at least 4 members (excludes halogenated alkanes) is 1. The molecule has 0 aliphatic carbocycles. The lowest BCUT2D eigenvalue weighted by atomic mass is 9.79. The largest absolute Gasteiger partial charge is 0.487 e. The maximum absolute atomic E-state index is 12.7. The molecule has 2 heterocycles. The van der Waals surface area contributed by atoms with Crippen LogP contribution in [0.4, 0.5) is 17.1 Å². The number of rotatable bonds is 21. The molecule has 2 aliphatic heterocycles. The number of carbonyl (C=O) groups excluding carboxylic acids is 4. The first-order valence-corrected chi connectivity index (χ1v) is 35.5. The van der Waals surface area contributed by atoms with Crippen molar-refractivity contribution in [2.45, 2.75) is 110 Å². The number of nitrogens with one attached hydrogen (secondary N) is 5. The van der Waals surface area contributed by atoms with Crippen molar-refractivity contribution in [2.24, 2.45) is 44.4 Å². The van der Waals surface area contributed by atoms with E-state index in [0.29, 0.717) is 150 Å². The van der Waals surface area contributed by atoms with Crippen molar-refractivity contribution < 1.29 is 85.5 Å². The predicted molar refractivity (Wildman–Crippen MR) is 398 cm³/mol. The van der Waals surface area contributed by atoms with E-state index in [1.54, 1.807) is 54.6 Å². The molecule has 580 valence electrons. The minimum Gasteiger partial charge on any atom is -0.487 e. The van der Waals surface area contributed by atoms with Gasteiger partial charge in [0.1, 0.15) is 39.6 Å². The number of nitrogens with two attached hydrogens (primary N) is 6. The van der Waals surface area contributed by atoms with Crippen LogP contribution in [0.25, 0.3) is 0 Å². The second-order valence-corrected chi connectivity index (χ2v) is 26.1. The van der Waals surface area contributed by atoms with E-state index in [4.69, 9.17) is 101 Å². The summed E-state index contributed by atoms with van der Waals surface area (Å²) in [6, 6.07) is 20.5. The highest BCUT2D eigenvalue weighted by Crippen LogP contribution is 2.34. The summed E-state index contributed by atoms with van der Waals surface area (Å²) in [5, 5.41) is 14.8. The Bertz CT molecular complexity index is 3080. The lowest BCUT2D eigenvalue weighted by molar-refractivity contribution is -0.121. The fourth-order valence-corrected chi connectivity index (χ4v) is 9.58. The number of aliphatic imine (C=N–C) groups is 2. The van der Waals surface area contributed by atoms with Gasteiger partial charge in [-0.15, -0.1) is 0 Å². The maximum atomic E-state index is 12.7. The third kappa shape index (κ3) is 37.4. The van der Waals surface area contributed by atoms with E-state index in [9.17, 15) is 19.2 Å². The Kier molecular flexibility index (Phi) is 41.0. The molecule has 31 nitrogen and oxygen atoms in total. The van der Waals surface area contributed by atoms with Crippen molar-refractivity contribution >= 4 is 52.6 Å². The van der Waals surface area contributed by atoms with Gasteiger partial charge in [0, 0.05) is 74.3 Å². The second kappa shape index (κ2) is 49.4. The van der Waals surface area contributed by atoms with Crippen molar-refractivity contribution in [2.75, 3.05) is 187 Å². The lowest BCUT2D eigenvalue weighted by Gasteiger charge is -2.26. The van der Waals surface area contributed by atoms with Crippen molar-refractivity contribution in [3.63, 3.8) is 0 Å². The molecule has 2 aliphatic rings. The molecule has 0 spiro atoms. The molecule has 2 atom stereocenters. The van der Waals surface area contributed by atoms with E-state index in [0.717, 1.165) is 25.9 Å². The zero-order valence-electron chi connectivity index (χ0n) is 61.6. The van der Waals surface area contributed by atoms with Gasteiger partial charge in [-0.1, -0.05) is 59.7 Å². The van der Waals surface area contributed by atoms with Crippen molar-refractivity contribution in [1.82, 2.24) is 10.6 Å². The van der Waals surface area contributed by atoms with E-state index in [1.165, 1.54) is 16.7 Å². The molecule has 0 saturated heterocycles. The maximum Gasteiger partial charge on any atom is 0.241 e. The molecule has 6 rings (SSSR count). The van der Waals surface area contributed by atoms with E-state index in [1.807, 2.05) is 0 Å². The van der Waals surface area contributed by atoms with Crippen LogP contribution in [-0.2, 0) is 74.4 Å². The van der Waals surface area contributed by atoms with Crippen molar-refractivity contribution in [3.8, 4) is 34.5 Å². The van der Waals surface area contributed by atoms with Crippen LogP contribution in [-0.4, -0.2) is 219 Å². The van der Waals surface area contributed by atoms with Gasteiger partial charge in [-0.25, -0.2) is 0 Å². The summed E-state index contributed by atoms with van der Waals surface area (Å²) < 4.78 is 80.2. The average molecular weight is 1460 g/mol. The molecule has 0 bridgehead atoms. The minimum atomic E-state index is -0.824. The summed E-state index contributed by atoms with van der Waals surface area (Å²) >= 11 is 0. The molecule has 17 N–H and O–H groups in total. The van der Waals surface area contributed by atoms with Crippen LogP contribution >= 0.6 is 0 Å². The highest BCUT2D eigenvalue weighted by molar-refractivity contribution is 5.96. The summed E-state index contributed by atoms with van der Waals surface area (Å²) in [6.07, 6.45) is 2.77. The number of ether oxygens (including phenoxy) is 14. The van der Waals surface area contributed by atoms with Crippen LogP contribution in [0.1, 0.15) is 96.8 Å². The van der Waals surface area contributed by atoms with Gasteiger partial charge in [-0.05, 0) is 96.1 Å². The molecule has 4 amide bonds. The Morgan fingerprint density at radius 2 is 0.721 bits per heavy atom. The third-order valence-electron chi connectivity index (χ3n) is 15.3. The molecule has 0 fully saturated rings. The van der Waals surface area contributed by atoms with Crippen molar-refractivity contribution in [1.29, 1.82) is 0 Å². The number of carbonyl (C=O) groups is 4. The van der Waals surface area contributed by atoms with E-state index >= 15 is 0 Å². The number of anilines is 3. The Morgan fingerprint density at radius 1 is 0.394 bits per heavy atom. The topological polar surface area (TPSA) is 438 Å². The zero-order valence-corrected chi connectivity index (χ0v) is 61.6. The van der Waals surface area contributed by atoms with Crippen LogP contribution in [0.5, 0.6) is 34.5 Å². The first-order valence-electron chi connectivity index (χ1n) is 35.5. The number of benzene rings is 4. The summed E-state index contributed by atoms with van der Waals surface area (Å²) in [5.41, 5.74) is 39.0. The molecular formula is C73H115N13O18. The van der Waals surface area contributed by atoms with E-state index in [2.05, 4.69) is 96.3 Å². The minimum absolute atomic E-state index is 0.0508. The van der Waals surface area contributed by atoms with Crippen LogP contribution < -0.4 is 89.4 Å². The van der Waals surface area contributed by atoms with Crippen molar-refractivity contribution in [3.05, 3.63) is 89.5 Å². The third-order valence-corrected chi connectivity index (χ3v) is 15.3. The summed E-state index contributed by atoms with van der Waals surface area (Å²) in [7, 11) is 0. The Morgan fingerprint density at radius 3 is 1.06 bits per heavy atom. The molecule has 4 aromatic rings. The Labute approximate surface area is 611 Å². The van der Waals surface area contributed by atoms with Gasteiger partial charge in [0.25, 0.3) is 0 Å². The molecule has 0 aromatic heterocycles. The normalized spacial score (nSPS) is 16.1. The van der Waals surface area contributed by atoms with Crippen LogP contribution in [0.2, 0.25) is 0 Å². The number of hydrogen-bond acceptors (Lipinski definition) is 23. The Balaban J connectivity index is 0.000000375. The SMILES string of the molecule is CC(C)(C)c1cc(CNCCCCC(=O)NCCC(=O)Nc2ccc3c(c2)OCCOCCOCCOCCOCCO3)cc(C(C)(C)C)c1.NC(N)=NCCC(N)C(=O)Nc1ccc2c(c1)OCCOCCOCCOc1cc(NC(=O)C(N)CCN=C(N)N)ccc1OCCOCCOCCO2. The van der Waals surface area contributed by atoms with Gasteiger partial charge >= 0.3 is 0 Å². The standard InChI is InChI=1S/C39H61N3O8.C34H54N10O10/c1-38(2,3)31-25-30(26-32(27-31)39(4,5)6)29-40-13-8-7-9-36(43)41-14-12-37(44)42-33-10-11-34-35(28-33)50-24-22-48-20-18-46-16-15-45-17-19-47-21-23-49-34;35-25(5-7-41-33(37)38)31(45)43-23-1-3-27-29(21-23)53-19-15-49-11-12-50-16-20-54-30-22-24(44-32(46)26(36)6-8-42-34(39)40)2-4-28(30)52-18-14-48-10-9-47-13-17-51-27/h10-11,25-28,40H,7-9,12-24,29H2,1-6H3,(H,41,43)(H,42,44);1-4,21-22,25-26H,5-20,35-36H2,(H,43,45)(H,44,46)(H4,37,38,41)(H4,39,40,42). The first kappa shape index (κ1) is 86.3. The van der Waals surface area contributed by atoms with Crippen LogP contribution in [0.15, 0.2) is 82.8 Å². The first-order chi connectivity index (χ1) is 50.0. The molecule has 4 aromatic carbocycles. The van der Waals surface area contributed by atoms with Gasteiger partial charge in [0.05, 0.1) is 118 Å². The van der Waals surface area contributed by atoms with Gasteiger partial charge in [-0.3, -0.25) is 29.2 Å². The summed E-state index contributed by atoms with van der Waals surface area (Å²) in [6.45, 7) is 23.3. The Hall–Kier alpha value is -8.34. The monoisotopic (exact) mass is 1460 g/mol. The molecule has 0 radical (unpaired) electrons. The summed E-state index contributed by atoms with van der Waals surface area (Å²) in [4.78, 5) is 58.0. The summed E-state index contributed by atoms with van der Waals surface area (Å²) in [5.74, 6) is 1.52. The highest BCUT2D eigenvalue weighted by atomic mass is 16.6. The van der Waals surface area contributed by atoms with Crippen LogP contribution in [0, 0.1) is 0 Å². The average Bonchev–Trinajstić information content (AvgIpc) is 0.818. The number of nitrogens with zero attached hydrogens (tertiary/aromatic N) is 2. The van der Waals surface area contributed by atoms with Crippen LogP contribution in [0.3, 0.4) is 0 Å². The molecule has 2 unspecified atom stereocenters. The van der Waals surface area contributed by atoms with Gasteiger partial charge in [-0.2, -0.15) is 0 Å². The fraction of sp³-hybridized carbons (Fsp3) is 0.589. The molecule has 31 heteroatoms. The van der Waals surface area contributed by atoms with Gasteiger partial charge < -0.3 is 127 Å². The fourth-order valence-electron chi connectivity index (χ4n) is 9.58. The molecular weight excluding hydrogens is 1350 g/mol. The molecule has 104 heavy (non-hydrogen) atoms.